The number of hydrogen-bond acceptors (Lipinski definition) is 4. The van der Waals surface area contributed by atoms with Crippen molar-refractivity contribution in [2.45, 2.75) is 58.6 Å². The van der Waals surface area contributed by atoms with Gasteiger partial charge in [0.2, 0.25) is 5.91 Å². The normalized spacial score (nSPS) is 12.4. The second kappa shape index (κ2) is 10.6. The molecule has 1 amide bonds. The molecule has 0 atom stereocenters. The molecule has 0 aromatic heterocycles. The standard InChI is InChI=1S/C20H26F5NO4/c1-4-18(2,3)17(28)26-14-6-8-15(9-7-14)30-12-16(27)29-11-5-10-19(21,22)13-20(23,24)25/h6-9H,4-5,10-13H2,1-3H3,(H,26,28). The number of rotatable bonds is 11. The van der Waals surface area contributed by atoms with Crippen LogP contribution in [0.5, 0.6) is 5.75 Å². The van der Waals surface area contributed by atoms with Gasteiger partial charge in [0.1, 0.15) is 12.2 Å². The first-order chi connectivity index (χ1) is 13.7. The van der Waals surface area contributed by atoms with E-state index in [9.17, 15) is 31.5 Å². The van der Waals surface area contributed by atoms with Gasteiger partial charge >= 0.3 is 12.1 Å². The number of ether oxygens (including phenoxy) is 2. The number of hydrogen-bond donors (Lipinski definition) is 1. The quantitative estimate of drug-likeness (QED) is 0.287. The van der Waals surface area contributed by atoms with E-state index in [0.29, 0.717) is 17.9 Å². The lowest BCUT2D eigenvalue weighted by molar-refractivity contribution is -0.190. The van der Waals surface area contributed by atoms with Crippen LogP contribution in [0.15, 0.2) is 24.3 Å². The van der Waals surface area contributed by atoms with Gasteiger partial charge in [-0.25, -0.2) is 13.6 Å². The Bertz CT molecular complexity index is 702. The predicted octanol–water partition coefficient (Wildman–Crippen LogP) is 5.35. The number of carbonyl (C=O) groups is 2. The highest BCUT2D eigenvalue weighted by atomic mass is 19.4. The maximum absolute atomic E-state index is 13.1. The number of halogens is 5. The van der Waals surface area contributed by atoms with E-state index in [4.69, 9.17) is 4.74 Å². The number of esters is 1. The number of anilines is 1. The van der Waals surface area contributed by atoms with Crippen LogP contribution >= 0.6 is 0 Å². The molecule has 0 fully saturated rings. The van der Waals surface area contributed by atoms with Crippen LogP contribution in [0, 0.1) is 5.41 Å². The third-order valence-electron chi connectivity index (χ3n) is 4.38. The summed E-state index contributed by atoms with van der Waals surface area (Å²) in [6, 6.07) is 6.24. The van der Waals surface area contributed by atoms with E-state index in [1.54, 1.807) is 12.1 Å². The van der Waals surface area contributed by atoms with Gasteiger partial charge in [-0.1, -0.05) is 20.8 Å². The molecule has 0 saturated heterocycles. The van der Waals surface area contributed by atoms with Crippen LogP contribution in [0.3, 0.4) is 0 Å². The zero-order valence-electron chi connectivity index (χ0n) is 17.1. The molecule has 0 bridgehead atoms. The summed E-state index contributed by atoms with van der Waals surface area (Å²) in [6.07, 6.45) is -7.94. The third kappa shape index (κ3) is 9.89. The molecule has 0 unspecified atom stereocenters. The van der Waals surface area contributed by atoms with Gasteiger partial charge in [-0.3, -0.25) is 4.79 Å². The van der Waals surface area contributed by atoms with Crippen LogP contribution < -0.4 is 10.1 Å². The first-order valence-corrected chi connectivity index (χ1v) is 9.38. The maximum atomic E-state index is 13.1. The summed E-state index contributed by atoms with van der Waals surface area (Å²) >= 11 is 0. The number of carbonyl (C=O) groups excluding carboxylic acids is 2. The lowest BCUT2D eigenvalue weighted by atomic mass is 9.89. The smallest absolute Gasteiger partial charge is 0.394 e. The van der Waals surface area contributed by atoms with Gasteiger partial charge in [-0.2, -0.15) is 13.2 Å². The van der Waals surface area contributed by atoms with Gasteiger partial charge in [0.05, 0.1) is 6.61 Å². The first kappa shape index (κ1) is 25.6. The highest BCUT2D eigenvalue weighted by molar-refractivity contribution is 5.94. The van der Waals surface area contributed by atoms with Crippen molar-refractivity contribution < 1.29 is 41.0 Å². The number of alkyl halides is 5. The zero-order valence-corrected chi connectivity index (χ0v) is 17.1. The van der Waals surface area contributed by atoms with Crippen molar-refractivity contribution in [3.8, 4) is 5.75 Å². The van der Waals surface area contributed by atoms with Crippen LogP contribution in [0.1, 0.15) is 46.5 Å². The highest BCUT2D eigenvalue weighted by Crippen LogP contribution is 2.34. The van der Waals surface area contributed by atoms with E-state index in [0.717, 1.165) is 0 Å². The molecule has 10 heteroatoms. The van der Waals surface area contributed by atoms with Crippen molar-refractivity contribution >= 4 is 17.6 Å². The van der Waals surface area contributed by atoms with E-state index in [2.05, 4.69) is 10.1 Å². The molecule has 0 spiro atoms. The molecule has 0 aliphatic heterocycles. The monoisotopic (exact) mass is 439 g/mol. The lowest BCUT2D eigenvalue weighted by Crippen LogP contribution is -2.29. The van der Waals surface area contributed by atoms with E-state index in [1.807, 2.05) is 20.8 Å². The Hall–Kier alpha value is -2.39. The maximum Gasteiger partial charge on any atom is 0.394 e. The third-order valence-corrected chi connectivity index (χ3v) is 4.38. The Morgan fingerprint density at radius 2 is 1.63 bits per heavy atom. The van der Waals surface area contributed by atoms with Crippen molar-refractivity contribution in [2.75, 3.05) is 18.5 Å². The van der Waals surface area contributed by atoms with Crippen molar-refractivity contribution in [3.05, 3.63) is 24.3 Å². The summed E-state index contributed by atoms with van der Waals surface area (Å²) in [5.74, 6) is -4.55. The summed E-state index contributed by atoms with van der Waals surface area (Å²) < 4.78 is 72.1. The molecule has 0 saturated carbocycles. The van der Waals surface area contributed by atoms with E-state index in [1.165, 1.54) is 12.1 Å². The van der Waals surface area contributed by atoms with Gasteiger partial charge in [0, 0.05) is 17.5 Å². The molecule has 1 aromatic carbocycles. The number of benzene rings is 1. The molecule has 0 radical (unpaired) electrons. The summed E-state index contributed by atoms with van der Waals surface area (Å²) in [6.45, 7) is 4.62. The minimum absolute atomic E-state index is 0.136. The van der Waals surface area contributed by atoms with Crippen molar-refractivity contribution in [1.29, 1.82) is 0 Å². The minimum Gasteiger partial charge on any atom is -0.482 e. The largest absolute Gasteiger partial charge is 0.482 e. The molecular weight excluding hydrogens is 413 g/mol. The molecule has 170 valence electrons. The molecular formula is C20H26F5NO4. The van der Waals surface area contributed by atoms with Crippen molar-refractivity contribution in [2.24, 2.45) is 5.41 Å². The van der Waals surface area contributed by atoms with Crippen LogP contribution in [0.4, 0.5) is 27.6 Å². The molecule has 30 heavy (non-hydrogen) atoms. The second-order valence-corrected chi connectivity index (χ2v) is 7.48. The second-order valence-electron chi connectivity index (χ2n) is 7.48. The van der Waals surface area contributed by atoms with Crippen molar-refractivity contribution in [1.82, 2.24) is 0 Å². The topological polar surface area (TPSA) is 64.6 Å². The average Bonchev–Trinajstić information content (AvgIpc) is 2.62. The molecule has 1 aromatic rings. The Morgan fingerprint density at radius 3 is 2.17 bits per heavy atom. The van der Waals surface area contributed by atoms with Crippen LogP contribution in [-0.4, -0.2) is 37.2 Å². The van der Waals surface area contributed by atoms with Crippen LogP contribution in [0.2, 0.25) is 0 Å². The van der Waals surface area contributed by atoms with Gasteiger partial charge < -0.3 is 14.8 Å². The van der Waals surface area contributed by atoms with Crippen LogP contribution in [-0.2, 0) is 14.3 Å². The summed E-state index contributed by atoms with van der Waals surface area (Å²) in [7, 11) is 0. The van der Waals surface area contributed by atoms with Gasteiger partial charge in [-0.15, -0.1) is 0 Å². The zero-order chi connectivity index (χ0) is 23.0. The van der Waals surface area contributed by atoms with Gasteiger partial charge in [0.15, 0.2) is 6.61 Å². The fraction of sp³-hybridized carbons (Fsp3) is 0.600. The molecule has 0 heterocycles. The predicted molar refractivity (Wildman–Crippen MR) is 100 cm³/mol. The van der Waals surface area contributed by atoms with Gasteiger partial charge in [-0.05, 0) is 37.1 Å². The van der Waals surface area contributed by atoms with E-state index >= 15 is 0 Å². The number of amides is 1. The van der Waals surface area contributed by atoms with Crippen molar-refractivity contribution in [3.63, 3.8) is 0 Å². The van der Waals surface area contributed by atoms with Crippen LogP contribution in [0.25, 0.3) is 0 Å². The Kier molecular flexibility index (Phi) is 9.05. The van der Waals surface area contributed by atoms with E-state index in [-0.39, 0.29) is 5.91 Å². The average molecular weight is 439 g/mol. The molecule has 0 aliphatic carbocycles. The molecule has 5 nitrogen and oxygen atoms in total. The lowest BCUT2D eigenvalue weighted by Gasteiger charge is -2.21. The summed E-state index contributed by atoms with van der Waals surface area (Å²) in [4.78, 5) is 23.7. The molecule has 0 aliphatic rings. The summed E-state index contributed by atoms with van der Waals surface area (Å²) in [5, 5.41) is 2.77. The summed E-state index contributed by atoms with van der Waals surface area (Å²) in [5.41, 5.74) is 0.0339. The molecule has 1 N–H and O–H groups in total. The molecule has 1 rings (SSSR count). The number of nitrogens with one attached hydrogen (secondary N) is 1. The van der Waals surface area contributed by atoms with E-state index < -0.39 is 56.0 Å². The van der Waals surface area contributed by atoms with Gasteiger partial charge in [0.25, 0.3) is 5.92 Å². The Morgan fingerprint density at radius 1 is 1.03 bits per heavy atom. The fourth-order valence-electron chi connectivity index (χ4n) is 2.18. The fourth-order valence-corrected chi connectivity index (χ4v) is 2.18. The Balaban J connectivity index is 2.34. The highest BCUT2D eigenvalue weighted by Gasteiger charge is 2.42. The Labute approximate surface area is 171 Å². The SMILES string of the molecule is CCC(C)(C)C(=O)Nc1ccc(OCC(=O)OCCCC(F)(F)CC(F)(F)F)cc1. The first-order valence-electron chi connectivity index (χ1n) is 9.38. The minimum atomic E-state index is -4.96.